The van der Waals surface area contributed by atoms with Gasteiger partial charge in [-0.2, -0.15) is 0 Å². The number of hydrogen-bond donors (Lipinski definition) is 4. The fourth-order valence-electron chi connectivity index (χ4n) is 1.81. The quantitative estimate of drug-likeness (QED) is 0.258. The van der Waals surface area contributed by atoms with Crippen LogP contribution in [0.5, 0.6) is 0 Å². The molecule has 1 aliphatic rings. The number of carbonyl (C=O) groups excluding carboxylic acids is 3. The van der Waals surface area contributed by atoms with Gasteiger partial charge in [0.15, 0.2) is 0 Å². The molecule has 0 bridgehead atoms. The maximum absolute atomic E-state index is 11.5. The number of carboxylic acid groups (broad SMARTS) is 2. The minimum Gasteiger partial charge on any atom is -0.480 e. The third kappa shape index (κ3) is 5.14. The van der Waals surface area contributed by atoms with Crippen molar-refractivity contribution in [3.05, 3.63) is 12.2 Å². The zero-order valence-electron chi connectivity index (χ0n) is 11.7. The zero-order chi connectivity index (χ0) is 17.6. The average Bonchev–Trinajstić information content (AvgIpc) is 2.81. The maximum atomic E-state index is 11.5. The van der Waals surface area contributed by atoms with Gasteiger partial charge < -0.3 is 20.8 Å². The summed E-state index contributed by atoms with van der Waals surface area (Å²) in [6, 6.07) is -2.76. The molecule has 126 valence electrons. The molecule has 0 spiro atoms. The van der Waals surface area contributed by atoms with Crippen LogP contribution < -0.4 is 10.6 Å². The van der Waals surface area contributed by atoms with E-state index in [1.54, 1.807) is 0 Å². The van der Waals surface area contributed by atoms with Crippen LogP contribution in [-0.2, 0) is 24.0 Å². The van der Waals surface area contributed by atoms with Gasteiger partial charge in [0, 0.05) is 25.2 Å². The molecular weight excluding hydrogens is 378 g/mol. The third-order valence-electron chi connectivity index (χ3n) is 2.88. The van der Waals surface area contributed by atoms with Gasteiger partial charge >= 0.3 is 11.9 Å². The minimum atomic E-state index is -1.48. The van der Waals surface area contributed by atoms with E-state index in [2.05, 4.69) is 26.6 Å². The standard InChI is InChI=1S/C12H14BrN3O7/c13-3-8(17)15-6(11(20)21)4-14-5-7(12(22)23)16-9(18)1-2-10(16)19/h1-2,6-7,14H,3-5H2,(H,15,17)(H,20,21)(H,22,23). The fraction of sp³-hybridized carbons (Fsp3) is 0.417. The Labute approximate surface area is 138 Å². The monoisotopic (exact) mass is 391 g/mol. The molecular formula is C12H14BrN3O7. The SMILES string of the molecule is O=C(CBr)NC(CNCC(C(=O)O)N1C(=O)C=CC1=O)C(=O)O. The molecule has 0 radical (unpaired) electrons. The van der Waals surface area contributed by atoms with Gasteiger partial charge in [0.25, 0.3) is 11.8 Å². The van der Waals surface area contributed by atoms with Gasteiger partial charge in [0.05, 0.1) is 5.33 Å². The van der Waals surface area contributed by atoms with Crippen LogP contribution >= 0.6 is 15.9 Å². The van der Waals surface area contributed by atoms with Gasteiger partial charge in [0.2, 0.25) is 5.91 Å². The van der Waals surface area contributed by atoms with Crippen molar-refractivity contribution in [2.24, 2.45) is 0 Å². The average molecular weight is 392 g/mol. The number of hydrogen-bond acceptors (Lipinski definition) is 6. The highest BCUT2D eigenvalue weighted by molar-refractivity contribution is 9.09. The van der Waals surface area contributed by atoms with Crippen LogP contribution in [0, 0.1) is 0 Å². The van der Waals surface area contributed by atoms with Gasteiger partial charge in [-0.05, 0) is 0 Å². The molecule has 4 N–H and O–H groups in total. The Morgan fingerprint density at radius 1 is 1.09 bits per heavy atom. The van der Waals surface area contributed by atoms with Crippen LogP contribution in [0.15, 0.2) is 12.2 Å². The minimum absolute atomic E-state index is 0.0863. The first-order valence-electron chi connectivity index (χ1n) is 6.34. The fourth-order valence-corrected chi connectivity index (χ4v) is 1.97. The summed E-state index contributed by atoms with van der Waals surface area (Å²) in [6.07, 6.45) is 1.91. The van der Waals surface area contributed by atoms with Crippen LogP contribution in [0.2, 0.25) is 0 Å². The van der Waals surface area contributed by atoms with Crippen molar-refractivity contribution in [2.75, 3.05) is 18.4 Å². The first-order chi connectivity index (χ1) is 10.8. The number of aliphatic carboxylic acids is 2. The van der Waals surface area contributed by atoms with Crippen molar-refractivity contribution in [2.45, 2.75) is 12.1 Å². The Morgan fingerprint density at radius 3 is 2.09 bits per heavy atom. The lowest BCUT2D eigenvalue weighted by Gasteiger charge is -2.23. The summed E-state index contributed by atoms with van der Waals surface area (Å²) < 4.78 is 0. The first-order valence-corrected chi connectivity index (χ1v) is 7.47. The Morgan fingerprint density at radius 2 is 1.65 bits per heavy atom. The van der Waals surface area contributed by atoms with Crippen LogP contribution in [-0.4, -0.2) is 75.3 Å². The molecule has 1 heterocycles. The van der Waals surface area contributed by atoms with Crippen LogP contribution in [0.1, 0.15) is 0 Å². The Bertz CT molecular complexity index is 545. The lowest BCUT2D eigenvalue weighted by atomic mass is 10.2. The van der Waals surface area contributed by atoms with Crippen LogP contribution in [0.4, 0.5) is 0 Å². The summed E-state index contributed by atoms with van der Waals surface area (Å²) in [7, 11) is 0. The molecule has 3 amide bonds. The summed E-state index contributed by atoms with van der Waals surface area (Å²) >= 11 is 2.87. The highest BCUT2D eigenvalue weighted by atomic mass is 79.9. The molecule has 11 heteroatoms. The molecule has 0 aromatic rings. The van der Waals surface area contributed by atoms with Crippen molar-refractivity contribution >= 4 is 45.6 Å². The number of carbonyl (C=O) groups is 5. The highest BCUT2D eigenvalue weighted by Crippen LogP contribution is 2.09. The Kier molecular flexibility index (Phi) is 6.85. The van der Waals surface area contributed by atoms with Crippen molar-refractivity contribution < 1.29 is 34.2 Å². The van der Waals surface area contributed by atoms with Gasteiger partial charge in [-0.25, -0.2) is 9.59 Å². The highest BCUT2D eigenvalue weighted by Gasteiger charge is 2.35. The van der Waals surface area contributed by atoms with Crippen molar-refractivity contribution in [1.82, 2.24) is 15.5 Å². The van der Waals surface area contributed by atoms with E-state index in [0.717, 1.165) is 12.2 Å². The number of imide groups is 1. The van der Waals surface area contributed by atoms with E-state index in [1.165, 1.54) is 0 Å². The van der Waals surface area contributed by atoms with Gasteiger partial charge in [-0.3, -0.25) is 19.3 Å². The number of alkyl halides is 1. The third-order valence-corrected chi connectivity index (χ3v) is 3.39. The molecule has 23 heavy (non-hydrogen) atoms. The Balaban J connectivity index is 2.63. The normalized spacial score (nSPS) is 16.3. The van der Waals surface area contributed by atoms with E-state index in [9.17, 15) is 24.0 Å². The van der Waals surface area contributed by atoms with E-state index < -0.39 is 41.7 Å². The summed E-state index contributed by atoms with van der Waals surface area (Å²) in [4.78, 5) is 56.9. The smallest absolute Gasteiger partial charge is 0.328 e. The second-order valence-corrected chi connectivity index (χ2v) is 5.04. The van der Waals surface area contributed by atoms with E-state index in [1.807, 2.05) is 0 Å². The molecule has 0 aliphatic carbocycles. The van der Waals surface area contributed by atoms with Crippen molar-refractivity contribution in [3.8, 4) is 0 Å². The van der Waals surface area contributed by atoms with Gasteiger partial charge in [-0.1, -0.05) is 15.9 Å². The molecule has 0 saturated heterocycles. The molecule has 1 aliphatic heterocycles. The molecule has 10 nitrogen and oxygen atoms in total. The predicted molar refractivity (Wildman–Crippen MR) is 78.6 cm³/mol. The number of carboxylic acids is 2. The molecule has 0 fully saturated rings. The predicted octanol–water partition coefficient (Wildman–Crippen LogP) is -2.08. The topological polar surface area (TPSA) is 153 Å². The van der Waals surface area contributed by atoms with Crippen molar-refractivity contribution in [1.29, 1.82) is 0 Å². The van der Waals surface area contributed by atoms with E-state index >= 15 is 0 Å². The van der Waals surface area contributed by atoms with E-state index in [4.69, 9.17) is 10.2 Å². The summed E-state index contributed by atoms with van der Waals surface area (Å²) in [5.41, 5.74) is 0. The lowest BCUT2D eigenvalue weighted by molar-refractivity contribution is -0.153. The summed E-state index contributed by atoms with van der Waals surface area (Å²) in [5, 5.41) is 22.7. The number of rotatable bonds is 9. The first kappa shape index (κ1) is 18.8. The lowest BCUT2D eigenvalue weighted by Crippen LogP contribution is -2.53. The molecule has 0 aromatic heterocycles. The van der Waals surface area contributed by atoms with Gasteiger partial charge in [0.1, 0.15) is 12.1 Å². The molecule has 1 rings (SSSR count). The summed E-state index contributed by atoms with van der Waals surface area (Å²) in [6.45, 7) is -0.635. The van der Waals surface area contributed by atoms with Crippen LogP contribution in [0.3, 0.4) is 0 Å². The molecule has 0 saturated carbocycles. The van der Waals surface area contributed by atoms with Crippen molar-refractivity contribution in [3.63, 3.8) is 0 Å². The zero-order valence-corrected chi connectivity index (χ0v) is 13.3. The number of halogens is 1. The molecule has 0 aromatic carbocycles. The van der Waals surface area contributed by atoms with E-state index in [-0.39, 0.29) is 18.4 Å². The Hall–Kier alpha value is -2.27. The number of nitrogens with one attached hydrogen (secondary N) is 2. The van der Waals surface area contributed by atoms with Gasteiger partial charge in [-0.15, -0.1) is 0 Å². The molecule has 2 unspecified atom stereocenters. The second kappa shape index (κ2) is 8.39. The molecule has 2 atom stereocenters. The second-order valence-electron chi connectivity index (χ2n) is 4.48. The van der Waals surface area contributed by atoms with Crippen LogP contribution in [0.25, 0.3) is 0 Å². The number of amides is 3. The number of nitrogens with zero attached hydrogens (tertiary/aromatic N) is 1. The maximum Gasteiger partial charge on any atom is 0.328 e. The van der Waals surface area contributed by atoms with E-state index in [0.29, 0.717) is 4.90 Å². The largest absolute Gasteiger partial charge is 0.480 e. The summed E-state index contributed by atoms with van der Waals surface area (Å²) in [5.74, 6) is -4.80.